The average molecular weight is 277 g/mol. The summed E-state index contributed by atoms with van der Waals surface area (Å²) in [6, 6.07) is 10.8. The number of furan rings is 1. The number of rotatable bonds is 3. The topological polar surface area (TPSA) is 30.2 Å². The van der Waals surface area contributed by atoms with E-state index < -0.39 is 0 Å². The van der Waals surface area contributed by atoms with Gasteiger partial charge in [0.1, 0.15) is 5.76 Å². The van der Waals surface area contributed by atoms with E-state index in [0.717, 1.165) is 4.47 Å². The Morgan fingerprint density at radius 1 is 1.19 bits per heavy atom. The van der Waals surface area contributed by atoms with Crippen molar-refractivity contribution in [3.63, 3.8) is 0 Å². The van der Waals surface area contributed by atoms with Gasteiger partial charge >= 0.3 is 0 Å². The SMILES string of the molecule is O=C(/C=C\c1ccco1)c1ccc(Br)cc1. The van der Waals surface area contributed by atoms with E-state index in [0.29, 0.717) is 11.3 Å². The van der Waals surface area contributed by atoms with Crippen molar-refractivity contribution < 1.29 is 9.21 Å². The molecule has 0 atom stereocenters. The van der Waals surface area contributed by atoms with Crippen LogP contribution in [0, 0.1) is 0 Å². The van der Waals surface area contributed by atoms with Gasteiger partial charge in [0, 0.05) is 10.0 Å². The molecule has 0 saturated carbocycles. The summed E-state index contributed by atoms with van der Waals surface area (Å²) >= 11 is 3.32. The first-order chi connectivity index (χ1) is 7.75. The van der Waals surface area contributed by atoms with Gasteiger partial charge in [-0.2, -0.15) is 0 Å². The zero-order chi connectivity index (χ0) is 11.4. The van der Waals surface area contributed by atoms with E-state index in [4.69, 9.17) is 4.42 Å². The Morgan fingerprint density at radius 2 is 1.94 bits per heavy atom. The lowest BCUT2D eigenvalue weighted by Gasteiger charge is -1.95. The van der Waals surface area contributed by atoms with Gasteiger partial charge in [-0.3, -0.25) is 4.79 Å². The van der Waals surface area contributed by atoms with Gasteiger partial charge in [-0.15, -0.1) is 0 Å². The number of allylic oxidation sites excluding steroid dienone is 1. The van der Waals surface area contributed by atoms with Crippen molar-refractivity contribution in [2.24, 2.45) is 0 Å². The Hall–Kier alpha value is -1.61. The summed E-state index contributed by atoms with van der Waals surface area (Å²) < 4.78 is 6.05. The molecule has 2 rings (SSSR count). The van der Waals surface area contributed by atoms with Gasteiger partial charge in [-0.25, -0.2) is 0 Å². The lowest BCUT2D eigenvalue weighted by molar-refractivity contribution is 0.104. The molecule has 2 aromatic rings. The third kappa shape index (κ3) is 2.70. The van der Waals surface area contributed by atoms with E-state index in [2.05, 4.69) is 15.9 Å². The largest absolute Gasteiger partial charge is 0.465 e. The van der Waals surface area contributed by atoms with Crippen LogP contribution in [0.3, 0.4) is 0 Å². The Balaban J connectivity index is 2.11. The second kappa shape index (κ2) is 4.94. The van der Waals surface area contributed by atoms with Crippen LogP contribution in [0.2, 0.25) is 0 Å². The fourth-order valence-corrected chi connectivity index (χ4v) is 1.52. The van der Waals surface area contributed by atoms with Crippen LogP contribution in [-0.2, 0) is 0 Å². The summed E-state index contributed by atoms with van der Waals surface area (Å²) in [5.74, 6) is 0.634. The van der Waals surface area contributed by atoms with E-state index in [9.17, 15) is 4.79 Å². The van der Waals surface area contributed by atoms with Crippen LogP contribution >= 0.6 is 15.9 Å². The molecule has 1 aromatic heterocycles. The van der Waals surface area contributed by atoms with Crippen LogP contribution in [0.15, 0.2) is 57.6 Å². The van der Waals surface area contributed by atoms with E-state index in [-0.39, 0.29) is 5.78 Å². The van der Waals surface area contributed by atoms with Crippen molar-refractivity contribution in [3.8, 4) is 0 Å². The second-order valence-corrected chi connectivity index (χ2v) is 4.14. The number of hydrogen-bond donors (Lipinski definition) is 0. The first-order valence-corrected chi connectivity index (χ1v) is 5.56. The molecule has 0 fully saturated rings. The van der Waals surface area contributed by atoms with Gasteiger partial charge in [-0.1, -0.05) is 15.9 Å². The van der Waals surface area contributed by atoms with Crippen molar-refractivity contribution in [2.75, 3.05) is 0 Å². The Labute approximate surface area is 102 Å². The average Bonchev–Trinajstić information content (AvgIpc) is 2.80. The molecule has 16 heavy (non-hydrogen) atoms. The summed E-state index contributed by atoms with van der Waals surface area (Å²) in [4.78, 5) is 11.7. The van der Waals surface area contributed by atoms with Gasteiger partial charge in [-0.05, 0) is 48.6 Å². The Bertz CT molecular complexity index is 495. The number of benzene rings is 1. The molecule has 0 saturated heterocycles. The van der Waals surface area contributed by atoms with Crippen LogP contribution in [-0.4, -0.2) is 5.78 Å². The minimum atomic E-state index is -0.0381. The van der Waals surface area contributed by atoms with Crippen molar-refractivity contribution >= 4 is 27.8 Å². The predicted molar refractivity (Wildman–Crippen MR) is 66.2 cm³/mol. The molecular formula is C13H9BrO2. The van der Waals surface area contributed by atoms with Crippen molar-refractivity contribution in [3.05, 3.63) is 64.5 Å². The monoisotopic (exact) mass is 276 g/mol. The van der Waals surface area contributed by atoms with Gasteiger partial charge < -0.3 is 4.42 Å². The predicted octanol–water partition coefficient (Wildman–Crippen LogP) is 3.94. The molecule has 0 aliphatic carbocycles. The smallest absolute Gasteiger partial charge is 0.185 e. The number of hydrogen-bond acceptors (Lipinski definition) is 2. The Morgan fingerprint density at radius 3 is 2.56 bits per heavy atom. The molecule has 1 heterocycles. The molecule has 0 unspecified atom stereocenters. The highest BCUT2D eigenvalue weighted by molar-refractivity contribution is 9.10. The summed E-state index contributed by atoms with van der Waals surface area (Å²) in [5, 5.41) is 0. The lowest BCUT2D eigenvalue weighted by atomic mass is 10.1. The molecule has 1 aromatic carbocycles. The van der Waals surface area contributed by atoms with Crippen LogP contribution in [0.1, 0.15) is 16.1 Å². The van der Waals surface area contributed by atoms with E-state index >= 15 is 0 Å². The molecule has 0 aliphatic heterocycles. The molecule has 0 N–H and O–H groups in total. The maximum Gasteiger partial charge on any atom is 0.185 e. The van der Waals surface area contributed by atoms with Crippen LogP contribution in [0.5, 0.6) is 0 Å². The van der Waals surface area contributed by atoms with Crippen molar-refractivity contribution in [1.29, 1.82) is 0 Å². The number of halogens is 1. The number of carbonyl (C=O) groups excluding carboxylic acids is 1. The summed E-state index contributed by atoms with van der Waals surface area (Å²) in [6.07, 6.45) is 4.73. The van der Waals surface area contributed by atoms with Crippen molar-refractivity contribution in [2.45, 2.75) is 0 Å². The normalized spacial score (nSPS) is 10.8. The molecule has 0 spiro atoms. The maximum absolute atomic E-state index is 11.7. The van der Waals surface area contributed by atoms with E-state index in [1.165, 1.54) is 6.08 Å². The van der Waals surface area contributed by atoms with Crippen LogP contribution < -0.4 is 0 Å². The fourth-order valence-electron chi connectivity index (χ4n) is 1.25. The first-order valence-electron chi connectivity index (χ1n) is 4.77. The number of carbonyl (C=O) groups is 1. The summed E-state index contributed by atoms with van der Waals surface area (Å²) in [6.45, 7) is 0. The van der Waals surface area contributed by atoms with Gasteiger partial charge in [0.2, 0.25) is 0 Å². The minimum absolute atomic E-state index is 0.0381. The number of ketones is 1. The molecule has 3 heteroatoms. The zero-order valence-electron chi connectivity index (χ0n) is 8.39. The van der Waals surface area contributed by atoms with Gasteiger partial charge in [0.25, 0.3) is 0 Å². The van der Waals surface area contributed by atoms with Crippen molar-refractivity contribution in [1.82, 2.24) is 0 Å². The quantitative estimate of drug-likeness (QED) is 0.628. The standard InChI is InChI=1S/C13H9BrO2/c14-11-5-3-10(4-6-11)13(15)8-7-12-2-1-9-16-12/h1-9H/b8-7-. The van der Waals surface area contributed by atoms with Gasteiger partial charge in [0.15, 0.2) is 5.78 Å². The third-order valence-electron chi connectivity index (χ3n) is 2.07. The second-order valence-electron chi connectivity index (χ2n) is 3.22. The molecule has 2 nitrogen and oxygen atoms in total. The molecule has 80 valence electrons. The van der Waals surface area contributed by atoms with Crippen LogP contribution in [0.25, 0.3) is 6.08 Å². The molecular weight excluding hydrogens is 268 g/mol. The lowest BCUT2D eigenvalue weighted by Crippen LogP contribution is -1.92. The van der Waals surface area contributed by atoms with Gasteiger partial charge in [0.05, 0.1) is 6.26 Å². The highest BCUT2D eigenvalue weighted by atomic mass is 79.9. The van der Waals surface area contributed by atoms with E-state index in [1.807, 2.05) is 12.1 Å². The zero-order valence-corrected chi connectivity index (χ0v) is 9.98. The fraction of sp³-hybridized carbons (Fsp3) is 0. The molecule has 0 radical (unpaired) electrons. The first kappa shape index (κ1) is 10.9. The highest BCUT2D eigenvalue weighted by Gasteiger charge is 2.00. The molecule has 0 bridgehead atoms. The van der Waals surface area contributed by atoms with E-state index in [1.54, 1.807) is 36.6 Å². The molecule has 0 aliphatic rings. The highest BCUT2D eigenvalue weighted by Crippen LogP contribution is 2.12. The van der Waals surface area contributed by atoms with Crippen LogP contribution in [0.4, 0.5) is 0 Å². The Kier molecular flexibility index (Phi) is 3.37. The molecule has 0 amide bonds. The minimum Gasteiger partial charge on any atom is -0.465 e. The maximum atomic E-state index is 11.7. The third-order valence-corrected chi connectivity index (χ3v) is 2.60. The summed E-state index contributed by atoms with van der Waals surface area (Å²) in [5.41, 5.74) is 0.658. The summed E-state index contributed by atoms with van der Waals surface area (Å²) in [7, 11) is 0.